The first-order chi connectivity index (χ1) is 11.4. The van der Waals surface area contributed by atoms with Crippen LogP contribution in [0.15, 0.2) is 35.7 Å². The van der Waals surface area contributed by atoms with Crippen molar-refractivity contribution in [3.05, 3.63) is 36.2 Å². The molecule has 0 aliphatic carbocycles. The van der Waals surface area contributed by atoms with Crippen molar-refractivity contribution in [3.8, 4) is 0 Å². The number of thioether (sulfide) groups is 1. The van der Waals surface area contributed by atoms with Gasteiger partial charge in [0.25, 0.3) is 5.91 Å². The first-order valence-electron chi connectivity index (χ1n) is 7.27. The first kappa shape index (κ1) is 18.3. The number of hydrogen-bond donors (Lipinski definition) is 2. The molecular formula is C14H19N5O3S2. The highest BCUT2D eigenvalue weighted by Gasteiger charge is 2.16. The van der Waals surface area contributed by atoms with E-state index >= 15 is 0 Å². The molecule has 0 atom stereocenters. The Morgan fingerprint density at radius 2 is 2.04 bits per heavy atom. The van der Waals surface area contributed by atoms with E-state index in [1.54, 1.807) is 31.2 Å². The van der Waals surface area contributed by atoms with Crippen LogP contribution >= 0.6 is 11.8 Å². The molecule has 10 heteroatoms. The third-order valence-corrected chi connectivity index (χ3v) is 5.95. The highest BCUT2D eigenvalue weighted by molar-refractivity contribution is 7.99. The number of rotatable bonds is 8. The van der Waals surface area contributed by atoms with Crippen LogP contribution in [0.2, 0.25) is 0 Å². The maximum atomic E-state index is 12.1. The number of nitrogens with one attached hydrogen (secondary N) is 2. The average molecular weight is 369 g/mol. The summed E-state index contributed by atoms with van der Waals surface area (Å²) in [4.78, 5) is 16.0. The summed E-state index contributed by atoms with van der Waals surface area (Å²) in [6, 6.07) is 6.45. The highest BCUT2D eigenvalue weighted by Crippen LogP contribution is 2.17. The van der Waals surface area contributed by atoms with E-state index in [-0.39, 0.29) is 11.7 Å². The smallest absolute Gasteiger partial charge is 0.251 e. The minimum Gasteiger partial charge on any atom is -0.351 e. The molecule has 0 fully saturated rings. The van der Waals surface area contributed by atoms with Gasteiger partial charge in [0, 0.05) is 24.9 Å². The largest absolute Gasteiger partial charge is 0.351 e. The molecule has 0 radical (unpaired) electrons. The fraction of sp³-hybridized carbons (Fsp3) is 0.357. The molecule has 0 saturated carbocycles. The lowest BCUT2D eigenvalue weighted by Gasteiger charge is -2.18. The Morgan fingerprint density at radius 1 is 1.33 bits per heavy atom. The number of aromatic amines is 1. The maximum Gasteiger partial charge on any atom is 0.251 e. The van der Waals surface area contributed by atoms with Gasteiger partial charge >= 0.3 is 0 Å². The summed E-state index contributed by atoms with van der Waals surface area (Å²) < 4.78 is 24.9. The maximum absolute atomic E-state index is 12.1. The highest BCUT2D eigenvalue weighted by atomic mass is 32.2. The summed E-state index contributed by atoms with van der Waals surface area (Å²) in [5.74, 6) is 0.478. The van der Waals surface area contributed by atoms with Crippen molar-refractivity contribution in [1.82, 2.24) is 20.5 Å². The zero-order valence-corrected chi connectivity index (χ0v) is 15.0. The third-order valence-electron chi connectivity index (χ3n) is 3.29. The lowest BCUT2D eigenvalue weighted by molar-refractivity contribution is 0.0956. The molecule has 2 rings (SSSR count). The van der Waals surface area contributed by atoms with Crippen molar-refractivity contribution < 1.29 is 13.2 Å². The van der Waals surface area contributed by atoms with Crippen LogP contribution in [0.5, 0.6) is 0 Å². The van der Waals surface area contributed by atoms with E-state index in [2.05, 4.69) is 20.5 Å². The Bertz CT molecular complexity index is 760. The summed E-state index contributed by atoms with van der Waals surface area (Å²) in [5.41, 5.74) is 1.000. The SMILES string of the molecule is CCS(=O)(=O)N(C)c1ccc(C(=O)NCCSc2ncn[nH]2)cc1. The van der Waals surface area contributed by atoms with Gasteiger partial charge in [-0.1, -0.05) is 11.8 Å². The molecule has 0 bridgehead atoms. The number of sulfonamides is 1. The van der Waals surface area contributed by atoms with Crippen molar-refractivity contribution in [2.24, 2.45) is 0 Å². The molecule has 0 saturated heterocycles. The molecule has 1 aromatic carbocycles. The number of H-pyrrole nitrogens is 1. The number of aromatic nitrogens is 3. The minimum atomic E-state index is -3.31. The molecule has 130 valence electrons. The molecule has 0 aliphatic rings. The van der Waals surface area contributed by atoms with E-state index < -0.39 is 10.0 Å². The van der Waals surface area contributed by atoms with Gasteiger partial charge in [-0.25, -0.2) is 13.4 Å². The number of amides is 1. The zero-order chi connectivity index (χ0) is 17.6. The van der Waals surface area contributed by atoms with Crippen LogP contribution < -0.4 is 9.62 Å². The van der Waals surface area contributed by atoms with E-state index in [4.69, 9.17) is 0 Å². The predicted molar refractivity (Wildman–Crippen MR) is 93.7 cm³/mol. The van der Waals surface area contributed by atoms with Gasteiger partial charge in [0.2, 0.25) is 10.0 Å². The van der Waals surface area contributed by atoms with E-state index in [1.807, 2.05) is 0 Å². The molecule has 2 N–H and O–H groups in total. The van der Waals surface area contributed by atoms with Crippen LogP contribution in [-0.4, -0.2) is 54.6 Å². The number of benzene rings is 1. The Hall–Kier alpha value is -2.07. The van der Waals surface area contributed by atoms with Gasteiger partial charge in [0.05, 0.1) is 11.4 Å². The molecule has 8 nitrogen and oxygen atoms in total. The lowest BCUT2D eigenvalue weighted by atomic mass is 10.2. The number of anilines is 1. The van der Waals surface area contributed by atoms with Gasteiger partial charge < -0.3 is 5.32 Å². The van der Waals surface area contributed by atoms with E-state index in [0.29, 0.717) is 28.7 Å². The fourth-order valence-corrected chi connectivity index (χ4v) is 3.32. The number of hydrogen-bond acceptors (Lipinski definition) is 6. The molecule has 2 aromatic rings. The van der Waals surface area contributed by atoms with Gasteiger partial charge in [-0.2, -0.15) is 5.10 Å². The van der Waals surface area contributed by atoms with E-state index in [1.165, 1.54) is 29.4 Å². The van der Waals surface area contributed by atoms with Gasteiger partial charge in [0.15, 0.2) is 5.16 Å². The van der Waals surface area contributed by atoms with Crippen molar-refractivity contribution >= 4 is 33.4 Å². The van der Waals surface area contributed by atoms with E-state index in [9.17, 15) is 13.2 Å². The van der Waals surface area contributed by atoms with Crippen LogP contribution in [-0.2, 0) is 10.0 Å². The van der Waals surface area contributed by atoms with Gasteiger partial charge in [-0.15, -0.1) is 0 Å². The molecule has 1 aromatic heterocycles. The second-order valence-corrected chi connectivity index (χ2v) is 8.18. The molecule has 0 unspecified atom stereocenters. The predicted octanol–water partition coefficient (Wildman–Crippen LogP) is 1.11. The number of nitrogens with zero attached hydrogens (tertiary/aromatic N) is 3. The summed E-state index contributed by atoms with van der Waals surface area (Å²) in [7, 11) is -1.81. The van der Waals surface area contributed by atoms with Crippen molar-refractivity contribution in [2.75, 3.05) is 29.4 Å². The second kappa shape index (κ2) is 8.15. The summed E-state index contributed by atoms with van der Waals surface area (Å²) >= 11 is 1.46. The average Bonchev–Trinajstić information content (AvgIpc) is 3.11. The lowest BCUT2D eigenvalue weighted by Crippen LogP contribution is -2.28. The summed E-state index contributed by atoms with van der Waals surface area (Å²) in [6.07, 6.45) is 1.43. The third kappa shape index (κ3) is 4.71. The Kier molecular flexibility index (Phi) is 6.21. The second-order valence-electron chi connectivity index (χ2n) is 4.81. The van der Waals surface area contributed by atoms with Crippen molar-refractivity contribution in [2.45, 2.75) is 12.1 Å². The van der Waals surface area contributed by atoms with Crippen LogP contribution in [0.3, 0.4) is 0 Å². The van der Waals surface area contributed by atoms with Crippen LogP contribution in [0.1, 0.15) is 17.3 Å². The van der Waals surface area contributed by atoms with Crippen LogP contribution in [0.4, 0.5) is 5.69 Å². The Morgan fingerprint density at radius 3 is 2.62 bits per heavy atom. The molecule has 24 heavy (non-hydrogen) atoms. The number of carbonyl (C=O) groups is 1. The topological polar surface area (TPSA) is 108 Å². The van der Waals surface area contributed by atoms with Gasteiger partial charge in [0.1, 0.15) is 6.33 Å². The molecule has 0 aliphatic heterocycles. The number of carbonyl (C=O) groups excluding carboxylic acids is 1. The van der Waals surface area contributed by atoms with E-state index in [0.717, 1.165) is 0 Å². The van der Waals surface area contributed by atoms with Crippen LogP contribution in [0, 0.1) is 0 Å². The molecule has 1 heterocycles. The summed E-state index contributed by atoms with van der Waals surface area (Å²) in [6.45, 7) is 2.07. The van der Waals surface area contributed by atoms with Crippen LogP contribution in [0.25, 0.3) is 0 Å². The standard InChI is InChI=1S/C14H19N5O3S2/c1-3-24(21,22)19(2)12-6-4-11(5-7-12)13(20)15-8-9-23-14-16-10-17-18-14/h4-7,10H,3,8-9H2,1-2H3,(H,15,20)(H,16,17,18). The monoisotopic (exact) mass is 369 g/mol. The zero-order valence-electron chi connectivity index (χ0n) is 13.4. The molecule has 1 amide bonds. The molecular weight excluding hydrogens is 350 g/mol. The fourth-order valence-electron chi connectivity index (χ4n) is 1.86. The summed E-state index contributed by atoms with van der Waals surface area (Å²) in [5, 5.41) is 9.96. The first-order valence-corrected chi connectivity index (χ1v) is 9.86. The quantitative estimate of drug-likeness (QED) is 0.533. The Balaban J connectivity index is 1.87. The van der Waals surface area contributed by atoms with Gasteiger partial charge in [-0.3, -0.25) is 14.2 Å². The van der Waals surface area contributed by atoms with Gasteiger partial charge in [-0.05, 0) is 31.2 Å². The molecule has 0 spiro atoms. The minimum absolute atomic E-state index is 0.0224. The van der Waals surface area contributed by atoms with Crippen molar-refractivity contribution in [3.63, 3.8) is 0 Å². The Labute approximate surface area is 145 Å². The normalized spacial score (nSPS) is 11.2. The van der Waals surface area contributed by atoms with Crippen molar-refractivity contribution in [1.29, 1.82) is 0 Å².